The molecule has 4 nitrogen and oxygen atoms in total. The molecule has 0 bridgehead atoms. The van der Waals surface area contributed by atoms with Crippen molar-refractivity contribution in [2.45, 2.75) is 39.7 Å². The predicted molar refractivity (Wildman–Crippen MR) is 52.4 cm³/mol. The van der Waals surface area contributed by atoms with Crippen molar-refractivity contribution in [2.24, 2.45) is 16.6 Å². The number of nitrogens with two attached hydrogens (primary N) is 1. The molecule has 3 N–H and O–H groups in total. The van der Waals surface area contributed by atoms with E-state index in [0.717, 1.165) is 0 Å². The molecule has 0 aromatic heterocycles. The molecule has 0 radical (unpaired) electrons. The van der Waals surface area contributed by atoms with Gasteiger partial charge in [-0.3, -0.25) is 4.79 Å². The molecule has 0 saturated carbocycles. The molecule has 0 aromatic carbocycles. The van der Waals surface area contributed by atoms with Gasteiger partial charge in [0.05, 0.1) is 0 Å². The zero-order chi connectivity index (χ0) is 10.6. The lowest BCUT2D eigenvalue weighted by atomic mass is 10.0. The average Bonchev–Trinajstić information content (AvgIpc) is 2.04. The van der Waals surface area contributed by atoms with E-state index in [4.69, 9.17) is 5.73 Å². The Kier molecular flexibility index (Phi) is 4.07. The summed E-state index contributed by atoms with van der Waals surface area (Å²) in [6.07, 6.45) is 0.334. The minimum absolute atomic E-state index is 0.0246. The number of carbonyl (C=O) groups excluding carboxylic acids is 1. The number of aliphatic imine (C=N–C) groups is 1. The number of amidine groups is 1. The molecule has 1 unspecified atom stereocenters. The van der Waals surface area contributed by atoms with Gasteiger partial charge < -0.3 is 10.8 Å². The molecule has 1 amide bonds. The Morgan fingerprint density at radius 1 is 1.62 bits per heavy atom. The number of aliphatic hydroxyl groups is 1. The maximum absolute atomic E-state index is 11.3. The maximum atomic E-state index is 11.3. The highest BCUT2D eigenvalue weighted by molar-refractivity contribution is 5.97. The first-order chi connectivity index (χ1) is 5.81. The molecule has 0 aliphatic carbocycles. The Morgan fingerprint density at radius 2 is 2.08 bits per heavy atom. The zero-order valence-electron chi connectivity index (χ0n) is 8.66. The van der Waals surface area contributed by atoms with E-state index in [-0.39, 0.29) is 11.8 Å². The zero-order valence-corrected chi connectivity index (χ0v) is 8.66. The topological polar surface area (TPSA) is 75.7 Å². The van der Waals surface area contributed by atoms with E-state index in [0.29, 0.717) is 6.42 Å². The van der Waals surface area contributed by atoms with E-state index < -0.39 is 11.5 Å². The molecule has 0 aliphatic rings. The van der Waals surface area contributed by atoms with Crippen molar-refractivity contribution >= 4 is 11.7 Å². The van der Waals surface area contributed by atoms with Crippen LogP contribution in [0.1, 0.15) is 34.1 Å². The fourth-order valence-electron chi connectivity index (χ4n) is 0.518. The first-order valence-corrected chi connectivity index (χ1v) is 4.42. The van der Waals surface area contributed by atoms with Gasteiger partial charge in [0.25, 0.3) is 5.91 Å². The number of hydrogen-bond acceptors (Lipinski definition) is 2. The Hall–Kier alpha value is -0.900. The largest absolute Gasteiger partial charge is 0.387 e. The van der Waals surface area contributed by atoms with E-state index in [2.05, 4.69) is 4.99 Å². The molecule has 0 spiro atoms. The van der Waals surface area contributed by atoms with Gasteiger partial charge in [-0.05, 0) is 13.3 Å². The highest BCUT2D eigenvalue weighted by atomic mass is 16.3. The van der Waals surface area contributed by atoms with Crippen LogP contribution in [-0.2, 0) is 4.79 Å². The summed E-state index contributed by atoms with van der Waals surface area (Å²) in [6, 6.07) is 0. The van der Waals surface area contributed by atoms with Crippen LogP contribution < -0.4 is 5.73 Å². The Bertz CT molecular complexity index is 220. The monoisotopic (exact) mass is 186 g/mol. The van der Waals surface area contributed by atoms with Crippen LogP contribution in [0.2, 0.25) is 0 Å². The Balaban J connectivity index is 4.56. The molecule has 0 heterocycles. The van der Waals surface area contributed by atoms with Crippen LogP contribution >= 0.6 is 0 Å². The number of amides is 1. The lowest BCUT2D eigenvalue weighted by Crippen LogP contribution is -2.35. The lowest BCUT2D eigenvalue weighted by Gasteiger charge is -2.16. The summed E-state index contributed by atoms with van der Waals surface area (Å²) in [7, 11) is 0. The highest BCUT2D eigenvalue weighted by Crippen LogP contribution is 2.10. The normalized spacial score (nSPS) is 17.2. The predicted octanol–water partition coefficient (Wildman–Crippen LogP) is 0.687. The van der Waals surface area contributed by atoms with Gasteiger partial charge in [-0.1, -0.05) is 20.8 Å². The van der Waals surface area contributed by atoms with Crippen molar-refractivity contribution in [3.05, 3.63) is 0 Å². The molecule has 13 heavy (non-hydrogen) atoms. The molecule has 0 fully saturated rings. The van der Waals surface area contributed by atoms with Gasteiger partial charge in [0.2, 0.25) is 0 Å². The van der Waals surface area contributed by atoms with Crippen LogP contribution in [0, 0.1) is 5.92 Å². The summed E-state index contributed by atoms with van der Waals surface area (Å²) >= 11 is 0. The quantitative estimate of drug-likeness (QED) is 0.503. The van der Waals surface area contributed by atoms with E-state index in [1.807, 2.05) is 13.8 Å². The molecular formula is C9H18N2O2. The van der Waals surface area contributed by atoms with Crippen molar-refractivity contribution in [3.63, 3.8) is 0 Å². The van der Waals surface area contributed by atoms with Gasteiger partial charge in [-0.2, -0.15) is 4.99 Å². The Labute approximate surface area is 78.8 Å². The van der Waals surface area contributed by atoms with Crippen LogP contribution in [0.15, 0.2) is 4.99 Å². The first-order valence-electron chi connectivity index (χ1n) is 4.42. The molecule has 0 rings (SSSR count). The average molecular weight is 186 g/mol. The number of carbonyl (C=O) groups is 1. The van der Waals surface area contributed by atoms with Crippen molar-refractivity contribution in [2.75, 3.05) is 0 Å². The van der Waals surface area contributed by atoms with Gasteiger partial charge in [0.15, 0.2) is 0 Å². The summed E-state index contributed by atoms with van der Waals surface area (Å²) in [6.45, 7) is 6.84. The van der Waals surface area contributed by atoms with Crippen LogP contribution in [-0.4, -0.2) is 22.5 Å². The second kappa shape index (κ2) is 4.37. The van der Waals surface area contributed by atoms with E-state index in [1.165, 1.54) is 6.92 Å². The van der Waals surface area contributed by atoms with Gasteiger partial charge in [0.1, 0.15) is 11.4 Å². The fraction of sp³-hybridized carbons (Fsp3) is 0.778. The summed E-state index contributed by atoms with van der Waals surface area (Å²) in [5.74, 6) is -0.281. The summed E-state index contributed by atoms with van der Waals surface area (Å²) < 4.78 is 0. The number of rotatable bonds is 3. The standard InChI is InChI=1S/C9H18N2O2/c1-5-9(4,13)8(12)11-7(10)6(2)3/h6,13H,5H2,1-4H3,(H2,10,11,12). The fourth-order valence-corrected chi connectivity index (χ4v) is 0.518. The number of hydrogen-bond donors (Lipinski definition) is 2. The summed E-state index contributed by atoms with van der Waals surface area (Å²) in [5.41, 5.74) is 4.10. The molecular weight excluding hydrogens is 168 g/mol. The van der Waals surface area contributed by atoms with Crippen LogP contribution in [0.3, 0.4) is 0 Å². The van der Waals surface area contributed by atoms with Gasteiger partial charge in [0, 0.05) is 5.92 Å². The Morgan fingerprint density at radius 3 is 2.38 bits per heavy atom. The molecule has 76 valence electrons. The maximum Gasteiger partial charge on any atom is 0.278 e. The third-order valence-electron chi connectivity index (χ3n) is 1.97. The first kappa shape index (κ1) is 12.1. The smallest absolute Gasteiger partial charge is 0.278 e. The van der Waals surface area contributed by atoms with Crippen LogP contribution in [0.5, 0.6) is 0 Å². The number of nitrogens with zero attached hydrogens (tertiary/aromatic N) is 1. The van der Waals surface area contributed by atoms with Gasteiger partial charge in [-0.15, -0.1) is 0 Å². The van der Waals surface area contributed by atoms with Gasteiger partial charge >= 0.3 is 0 Å². The third kappa shape index (κ3) is 3.55. The summed E-state index contributed by atoms with van der Waals surface area (Å²) in [4.78, 5) is 14.9. The van der Waals surface area contributed by atoms with Crippen LogP contribution in [0.25, 0.3) is 0 Å². The SMILES string of the molecule is CCC(C)(O)C(=O)/N=C(\N)C(C)C. The lowest BCUT2D eigenvalue weighted by molar-refractivity contribution is -0.134. The van der Waals surface area contributed by atoms with Crippen molar-refractivity contribution in [3.8, 4) is 0 Å². The highest BCUT2D eigenvalue weighted by Gasteiger charge is 2.27. The second-order valence-corrected chi connectivity index (χ2v) is 3.62. The van der Waals surface area contributed by atoms with E-state index >= 15 is 0 Å². The van der Waals surface area contributed by atoms with Crippen molar-refractivity contribution < 1.29 is 9.90 Å². The minimum Gasteiger partial charge on any atom is -0.387 e. The van der Waals surface area contributed by atoms with Crippen molar-refractivity contribution in [1.82, 2.24) is 0 Å². The van der Waals surface area contributed by atoms with E-state index in [1.54, 1.807) is 6.92 Å². The van der Waals surface area contributed by atoms with E-state index in [9.17, 15) is 9.90 Å². The van der Waals surface area contributed by atoms with Gasteiger partial charge in [-0.25, -0.2) is 0 Å². The van der Waals surface area contributed by atoms with Crippen LogP contribution in [0.4, 0.5) is 0 Å². The molecule has 0 aliphatic heterocycles. The molecule has 0 aromatic rings. The third-order valence-corrected chi connectivity index (χ3v) is 1.97. The minimum atomic E-state index is -1.39. The molecule has 4 heteroatoms. The molecule has 0 saturated heterocycles. The molecule has 1 atom stereocenters. The van der Waals surface area contributed by atoms with Crippen molar-refractivity contribution in [1.29, 1.82) is 0 Å². The summed E-state index contributed by atoms with van der Waals surface area (Å²) in [5, 5.41) is 9.51. The second-order valence-electron chi connectivity index (χ2n) is 3.62.